The van der Waals surface area contributed by atoms with Crippen LogP contribution in [0, 0.1) is 0 Å². The van der Waals surface area contributed by atoms with Gasteiger partial charge in [0.1, 0.15) is 0 Å². The Morgan fingerprint density at radius 1 is 1.13 bits per heavy atom. The van der Waals surface area contributed by atoms with Gasteiger partial charge in [-0.25, -0.2) is 4.79 Å². The highest BCUT2D eigenvalue weighted by Crippen LogP contribution is 2.28. The molecule has 0 aliphatic carbocycles. The van der Waals surface area contributed by atoms with E-state index in [1.54, 1.807) is 60.6 Å². The standard InChI is InChI=1S/C24H25NO6/c1-3-30-22-14-17(9-11-21(22)29-2)10-12-24(28)31-16-20(26)18-6-4-7-19(15-18)25-13-5-8-23(25)27/h4,6-7,9-12,14-15H,3,5,8,13,16H2,1-2H3/b12-10+. The topological polar surface area (TPSA) is 82.1 Å². The van der Waals surface area contributed by atoms with E-state index in [1.165, 1.54) is 6.08 Å². The minimum atomic E-state index is -0.631. The summed E-state index contributed by atoms with van der Waals surface area (Å²) < 4.78 is 15.8. The van der Waals surface area contributed by atoms with Crippen LogP contribution in [0.4, 0.5) is 5.69 Å². The summed E-state index contributed by atoms with van der Waals surface area (Å²) in [6.07, 6.45) is 4.15. The molecule has 0 radical (unpaired) electrons. The molecule has 1 aliphatic rings. The lowest BCUT2D eigenvalue weighted by molar-refractivity contribution is -0.136. The van der Waals surface area contributed by atoms with Crippen LogP contribution in [0.1, 0.15) is 35.7 Å². The van der Waals surface area contributed by atoms with Gasteiger partial charge >= 0.3 is 5.97 Å². The number of ketones is 1. The summed E-state index contributed by atoms with van der Waals surface area (Å²) in [6, 6.07) is 12.1. The van der Waals surface area contributed by atoms with Gasteiger partial charge in [-0.15, -0.1) is 0 Å². The van der Waals surface area contributed by atoms with Crippen molar-refractivity contribution < 1.29 is 28.6 Å². The van der Waals surface area contributed by atoms with Gasteiger partial charge in [-0.3, -0.25) is 9.59 Å². The molecule has 1 aliphatic heterocycles. The minimum absolute atomic E-state index is 0.0483. The maximum Gasteiger partial charge on any atom is 0.331 e. The molecule has 31 heavy (non-hydrogen) atoms. The number of hydrogen-bond donors (Lipinski definition) is 0. The fraction of sp³-hybridized carbons (Fsp3) is 0.292. The number of methoxy groups -OCH3 is 1. The number of esters is 1. The Morgan fingerprint density at radius 2 is 1.97 bits per heavy atom. The molecule has 0 aromatic heterocycles. The Balaban J connectivity index is 1.58. The third-order valence-corrected chi connectivity index (χ3v) is 4.80. The molecule has 1 saturated heterocycles. The first-order chi connectivity index (χ1) is 15.0. The maximum atomic E-state index is 12.4. The summed E-state index contributed by atoms with van der Waals surface area (Å²) in [5.74, 6) is 0.260. The lowest BCUT2D eigenvalue weighted by atomic mass is 10.1. The van der Waals surface area contributed by atoms with Crippen molar-refractivity contribution in [3.05, 3.63) is 59.7 Å². The van der Waals surface area contributed by atoms with Gasteiger partial charge < -0.3 is 19.1 Å². The van der Waals surface area contributed by atoms with Crippen LogP contribution in [-0.2, 0) is 14.3 Å². The molecule has 7 heteroatoms. The summed E-state index contributed by atoms with van der Waals surface area (Å²) in [6.45, 7) is 2.62. The molecule has 0 N–H and O–H groups in total. The van der Waals surface area contributed by atoms with Crippen molar-refractivity contribution in [2.24, 2.45) is 0 Å². The fourth-order valence-electron chi connectivity index (χ4n) is 3.27. The molecule has 1 fully saturated rings. The smallest absolute Gasteiger partial charge is 0.331 e. The Morgan fingerprint density at radius 3 is 2.68 bits per heavy atom. The van der Waals surface area contributed by atoms with Gasteiger partial charge in [-0.05, 0) is 49.2 Å². The summed E-state index contributed by atoms with van der Waals surface area (Å²) in [5, 5.41) is 0. The number of hydrogen-bond acceptors (Lipinski definition) is 6. The molecule has 1 amide bonds. The van der Waals surface area contributed by atoms with Gasteiger partial charge in [0, 0.05) is 30.3 Å². The van der Waals surface area contributed by atoms with Crippen LogP contribution in [0.5, 0.6) is 11.5 Å². The first-order valence-corrected chi connectivity index (χ1v) is 10.1. The number of nitrogens with zero attached hydrogens (tertiary/aromatic N) is 1. The molecule has 0 atom stereocenters. The summed E-state index contributed by atoms with van der Waals surface area (Å²) in [7, 11) is 1.56. The van der Waals surface area contributed by atoms with Crippen LogP contribution >= 0.6 is 0 Å². The number of benzene rings is 2. The third kappa shape index (κ3) is 5.72. The lowest BCUT2D eigenvalue weighted by Crippen LogP contribution is -2.24. The second kappa shape index (κ2) is 10.4. The molecule has 2 aromatic carbocycles. The normalized spacial score (nSPS) is 13.5. The van der Waals surface area contributed by atoms with E-state index in [4.69, 9.17) is 14.2 Å². The second-order valence-electron chi connectivity index (χ2n) is 6.91. The maximum absolute atomic E-state index is 12.4. The van der Waals surface area contributed by atoms with E-state index in [-0.39, 0.29) is 18.3 Å². The zero-order valence-corrected chi connectivity index (χ0v) is 17.6. The Kier molecular flexibility index (Phi) is 7.43. The molecule has 3 rings (SSSR count). The van der Waals surface area contributed by atoms with Crippen molar-refractivity contribution in [1.29, 1.82) is 0 Å². The van der Waals surface area contributed by atoms with E-state index in [9.17, 15) is 14.4 Å². The van der Waals surface area contributed by atoms with E-state index >= 15 is 0 Å². The van der Waals surface area contributed by atoms with Gasteiger partial charge in [0.05, 0.1) is 13.7 Å². The summed E-state index contributed by atoms with van der Waals surface area (Å²) >= 11 is 0. The van der Waals surface area contributed by atoms with Crippen molar-refractivity contribution >= 4 is 29.4 Å². The average molecular weight is 423 g/mol. The SMILES string of the molecule is CCOc1cc(/C=C/C(=O)OCC(=O)c2cccc(N3CCCC3=O)c2)ccc1OC. The van der Waals surface area contributed by atoms with E-state index in [2.05, 4.69) is 0 Å². The number of carbonyl (C=O) groups excluding carboxylic acids is 3. The van der Waals surface area contributed by atoms with Crippen LogP contribution in [0.25, 0.3) is 6.08 Å². The van der Waals surface area contributed by atoms with Crippen LogP contribution in [-0.4, -0.2) is 44.5 Å². The number of amides is 1. The molecular formula is C24H25NO6. The molecule has 0 unspecified atom stereocenters. The largest absolute Gasteiger partial charge is 0.493 e. The number of carbonyl (C=O) groups is 3. The molecule has 0 saturated carbocycles. The van der Waals surface area contributed by atoms with Crippen molar-refractivity contribution in [1.82, 2.24) is 0 Å². The quantitative estimate of drug-likeness (QED) is 0.348. The highest BCUT2D eigenvalue weighted by molar-refractivity contribution is 6.01. The first-order valence-electron chi connectivity index (χ1n) is 10.1. The Labute approximate surface area is 181 Å². The van der Waals surface area contributed by atoms with Gasteiger partial charge in [0.2, 0.25) is 5.91 Å². The van der Waals surface area contributed by atoms with Crippen LogP contribution < -0.4 is 14.4 Å². The zero-order valence-electron chi connectivity index (χ0n) is 17.6. The number of rotatable bonds is 9. The van der Waals surface area contributed by atoms with Crippen LogP contribution in [0.2, 0.25) is 0 Å². The number of anilines is 1. The molecule has 1 heterocycles. The van der Waals surface area contributed by atoms with Gasteiger partial charge in [-0.2, -0.15) is 0 Å². The average Bonchev–Trinajstić information content (AvgIpc) is 3.22. The van der Waals surface area contributed by atoms with E-state index in [1.807, 2.05) is 6.92 Å². The lowest BCUT2D eigenvalue weighted by Gasteiger charge is -2.16. The van der Waals surface area contributed by atoms with Gasteiger partial charge in [-0.1, -0.05) is 18.2 Å². The van der Waals surface area contributed by atoms with Crippen LogP contribution in [0.3, 0.4) is 0 Å². The van der Waals surface area contributed by atoms with E-state index in [0.29, 0.717) is 42.3 Å². The molecule has 2 aromatic rings. The van der Waals surface area contributed by atoms with E-state index in [0.717, 1.165) is 12.0 Å². The third-order valence-electron chi connectivity index (χ3n) is 4.80. The summed E-state index contributed by atoms with van der Waals surface area (Å²) in [4.78, 5) is 38.0. The molecular weight excluding hydrogens is 398 g/mol. The summed E-state index contributed by atoms with van der Waals surface area (Å²) in [5.41, 5.74) is 1.81. The van der Waals surface area contributed by atoms with Crippen molar-refractivity contribution in [2.75, 3.05) is 31.8 Å². The number of Topliss-reactive ketones (excluding diaryl/α,β-unsaturated/α-hetero) is 1. The highest BCUT2D eigenvalue weighted by Gasteiger charge is 2.22. The van der Waals surface area contributed by atoms with Gasteiger partial charge in [0.25, 0.3) is 0 Å². The molecule has 7 nitrogen and oxygen atoms in total. The van der Waals surface area contributed by atoms with Crippen LogP contribution in [0.15, 0.2) is 48.5 Å². The monoisotopic (exact) mass is 423 g/mol. The second-order valence-corrected chi connectivity index (χ2v) is 6.91. The zero-order chi connectivity index (χ0) is 22.2. The first kappa shape index (κ1) is 22.1. The predicted molar refractivity (Wildman–Crippen MR) is 117 cm³/mol. The van der Waals surface area contributed by atoms with Crippen molar-refractivity contribution in [3.8, 4) is 11.5 Å². The molecule has 162 valence electrons. The predicted octanol–water partition coefficient (Wildman–Crippen LogP) is 3.66. The number of ether oxygens (including phenoxy) is 3. The molecule has 0 spiro atoms. The minimum Gasteiger partial charge on any atom is -0.493 e. The highest BCUT2D eigenvalue weighted by atomic mass is 16.5. The van der Waals surface area contributed by atoms with Crippen molar-refractivity contribution in [2.45, 2.75) is 19.8 Å². The Hall–Kier alpha value is -3.61. The van der Waals surface area contributed by atoms with E-state index < -0.39 is 5.97 Å². The van der Waals surface area contributed by atoms with Crippen molar-refractivity contribution in [3.63, 3.8) is 0 Å². The fourth-order valence-corrected chi connectivity index (χ4v) is 3.27. The van der Waals surface area contributed by atoms with Gasteiger partial charge in [0.15, 0.2) is 23.9 Å². The Bertz CT molecular complexity index is 997. The molecule has 0 bridgehead atoms.